The topological polar surface area (TPSA) is 51.7 Å². The Bertz CT molecular complexity index is 1070. The Kier molecular flexibility index (Phi) is 6.21. The maximum atomic E-state index is 13.3. The van der Waals surface area contributed by atoms with Crippen molar-refractivity contribution >= 4 is 5.91 Å². The van der Waals surface area contributed by atoms with Crippen LogP contribution in [-0.2, 0) is 0 Å². The zero-order valence-corrected chi connectivity index (χ0v) is 18.3. The van der Waals surface area contributed by atoms with Gasteiger partial charge in [0.15, 0.2) is 11.5 Å². The lowest BCUT2D eigenvalue weighted by Crippen LogP contribution is -2.39. The molecule has 0 saturated carbocycles. The number of nitrogens with zero attached hydrogens (tertiary/aromatic N) is 2. The van der Waals surface area contributed by atoms with Crippen molar-refractivity contribution in [2.24, 2.45) is 0 Å². The van der Waals surface area contributed by atoms with Gasteiger partial charge in [-0.1, -0.05) is 36.4 Å². The SMILES string of the molecule is COc1cccc(C(=O)N2CCCC(c3cc(-c4ccccc4)cc(C)n3)C2)c1OC. The van der Waals surface area contributed by atoms with Crippen LogP contribution < -0.4 is 9.47 Å². The number of likely N-dealkylation sites (tertiary alicyclic amines) is 1. The number of benzene rings is 2. The number of methoxy groups -OCH3 is 2. The summed E-state index contributed by atoms with van der Waals surface area (Å²) in [6, 6.07) is 20.1. The minimum Gasteiger partial charge on any atom is -0.493 e. The van der Waals surface area contributed by atoms with E-state index in [0.717, 1.165) is 30.8 Å². The molecule has 1 unspecified atom stereocenters. The fraction of sp³-hybridized carbons (Fsp3) is 0.308. The number of rotatable bonds is 5. The third kappa shape index (κ3) is 4.41. The van der Waals surface area contributed by atoms with Crippen molar-refractivity contribution in [1.29, 1.82) is 0 Å². The standard InChI is InChI=1S/C26H28N2O3/c1-18-15-21(19-9-5-4-6-10-19)16-23(27-18)20-11-8-14-28(17-20)26(29)22-12-7-13-24(30-2)25(22)31-3/h4-7,9-10,12-13,15-16,20H,8,11,14,17H2,1-3H3. The van der Waals surface area contributed by atoms with Crippen LogP contribution in [0.2, 0.25) is 0 Å². The lowest BCUT2D eigenvalue weighted by atomic mass is 9.91. The Hall–Kier alpha value is -3.34. The van der Waals surface area contributed by atoms with E-state index in [-0.39, 0.29) is 11.8 Å². The molecule has 5 heteroatoms. The van der Waals surface area contributed by atoms with Gasteiger partial charge >= 0.3 is 0 Å². The summed E-state index contributed by atoms with van der Waals surface area (Å²) in [6.45, 7) is 3.40. The number of piperidine rings is 1. The monoisotopic (exact) mass is 416 g/mol. The Morgan fingerprint density at radius 2 is 1.81 bits per heavy atom. The number of hydrogen-bond acceptors (Lipinski definition) is 4. The number of aryl methyl sites for hydroxylation is 1. The van der Waals surface area contributed by atoms with E-state index in [0.29, 0.717) is 23.6 Å². The predicted molar refractivity (Wildman–Crippen MR) is 122 cm³/mol. The number of amides is 1. The Labute approximate surface area is 183 Å². The Morgan fingerprint density at radius 3 is 2.55 bits per heavy atom. The van der Waals surface area contributed by atoms with E-state index >= 15 is 0 Å². The minimum atomic E-state index is -0.0311. The van der Waals surface area contributed by atoms with Crippen LogP contribution in [0.25, 0.3) is 11.1 Å². The first-order valence-electron chi connectivity index (χ1n) is 10.6. The van der Waals surface area contributed by atoms with Gasteiger partial charge in [0, 0.05) is 30.4 Å². The van der Waals surface area contributed by atoms with E-state index in [1.807, 2.05) is 36.1 Å². The fourth-order valence-corrected chi connectivity index (χ4v) is 4.33. The summed E-state index contributed by atoms with van der Waals surface area (Å²) in [6.07, 6.45) is 1.96. The summed E-state index contributed by atoms with van der Waals surface area (Å²) in [5.74, 6) is 1.22. The average molecular weight is 417 g/mol. The van der Waals surface area contributed by atoms with Crippen molar-refractivity contribution in [3.05, 3.63) is 77.6 Å². The predicted octanol–water partition coefficient (Wildman–Crippen LogP) is 5.09. The molecule has 0 radical (unpaired) electrons. The molecule has 4 rings (SSSR count). The average Bonchev–Trinajstić information content (AvgIpc) is 2.83. The van der Waals surface area contributed by atoms with Crippen LogP contribution in [0.4, 0.5) is 0 Å². The van der Waals surface area contributed by atoms with Crippen molar-refractivity contribution in [1.82, 2.24) is 9.88 Å². The molecule has 1 saturated heterocycles. The lowest BCUT2D eigenvalue weighted by molar-refractivity contribution is 0.0702. The molecule has 1 aliphatic heterocycles. The molecule has 2 aromatic carbocycles. The number of carbonyl (C=O) groups is 1. The van der Waals surface area contributed by atoms with Gasteiger partial charge in [-0.05, 0) is 55.2 Å². The third-order valence-electron chi connectivity index (χ3n) is 5.84. The molecule has 0 bridgehead atoms. The highest BCUT2D eigenvalue weighted by molar-refractivity contribution is 5.98. The number of ether oxygens (including phenoxy) is 2. The van der Waals surface area contributed by atoms with Crippen LogP contribution in [0, 0.1) is 6.92 Å². The Morgan fingerprint density at radius 1 is 1.00 bits per heavy atom. The van der Waals surface area contributed by atoms with Crippen LogP contribution in [0.5, 0.6) is 11.5 Å². The maximum Gasteiger partial charge on any atom is 0.257 e. The van der Waals surface area contributed by atoms with Gasteiger partial charge in [-0.15, -0.1) is 0 Å². The molecule has 3 aromatic rings. The van der Waals surface area contributed by atoms with E-state index < -0.39 is 0 Å². The highest BCUT2D eigenvalue weighted by atomic mass is 16.5. The number of para-hydroxylation sites is 1. The first kappa shape index (κ1) is 20.9. The highest BCUT2D eigenvalue weighted by Gasteiger charge is 2.29. The van der Waals surface area contributed by atoms with Crippen molar-refractivity contribution in [3.8, 4) is 22.6 Å². The second-order valence-corrected chi connectivity index (χ2v) is 7.92. The van der Waals surface area contributed by atoms with Gasteiger partial charge in [-0.3, -0.25) is 9.78 Å². The van der Waals surface area contributed by atoms with Crippen molar-refractivity contribution in [2.75, 3.05) is 27.3 Å². The molecule has 31 heavy (non-hydrogen) atoms. The van der Waals surface area contributed by atoms with Crippen LogP contribution in [0.3, 0.4) is 0 Å². The van der Waals surface area contributed by atoms with Crippen molar-refractivity contribution in [3.63, 3.8) is 0 Å². The third-order valence-corrected chi connectivity index (χ3v) is 5.84. The van der Waals surface area contributed by atoms with Crippen LogP contribution in [0.15, 0.2) is 60.7 Å². The normalized spacial score (nSPS) is 16.1. The van der Waals surface area contributed by atoms with Gasteiger partial charge in [-0.25, -0.2) is 0 Å². The molecule has 1 amide bonds. The van der Waals surface area contributed by atoms with Crippen molar-refractivity contribution < 1.29 is 14.3 Å². The molecular weight excluding hydrogens is 388 g/mol. The summed E-state index contributed by atoms with van der Waals surface area (Å²) >= 11 is 0. The van der Waals surface area contributed by atoms with E-state index in [1.165, 1.54) is 11.1 Å². The van der Waals surface area contributed by atoms with E-state index in [2.05, 4.69) is 24.3 Å². The van der Waals surface area contributed by atoms with E-state index in [9.17, 15) is 4.79 Å². The quantitative estimate of drug-likeness (QED) is 0.581. The molecule has 5 nitrogen and oxygen atoms in total. The summed E-state index contributed by atoms with van der Waals surface area (Å²) in [4.78, 5) is 20.1. The van der Waals surface area contributed by atoms with Gasteiger partial charge in [-0.2, -0.15) is 0 Å². The molecule has 1 aromatic heterocycles. The molecule has 2 heterocycles. The van der Waals surface area contributed by atoms with Gasteiger partial charge < -0.3 is 14.4 Å². The first-order valence-corrected chi connectivity index (χ1v) is 10.6. The summed E-state index contributed by atoms with van der Waals surface area (Å²) < 4.78 is 10.9. The van der Waals surface area contributed by atoms with Gasteiger partial charge in [0.05, 0.1) is 19.8 Å². The first-order chi connectivity index (χ1) is 15.1. The number of carbonyl (C=O) groups excluding carboxylic acids is 1. The minimum absolute atomic E-state index is 0.0311. The molecule has 1 atom stereocenters. The molecule has 0 N–H and O–H groups in total. The van der Waals surface area contributed by atoms with Gasteiger partial charge in [0.1, 0.15) is 0 Å². The van der Waals surface area contributed by atoms with Gasteiger partial charge in [0.2, 0.25) is 0 Å². The number of pyridine rings is 1. The van der Waals surface area contributed by atoms with Crippen LogP contribution >= 0.6 is 0 Å². The molecule has 160 valence electrons. The van der Waals surface area contributed by atoms with E-state index in [4.69, 9.17) is 14.5 Å². The zero-order valence-electron chi connectivity index (χ0n) is 18.3. The lowest BCUT2D eigenvalue weighted by Gasteiger charge is -2.33. The maximum absolute atomic E-state index is 13.3. The fourth-order valence-electron chi connectivity index (χ4n) is 4.33. The summed E-state index contributed by atoms with van der Waals surface area (Å²) in [5, 5.41) is 0. The summed E-state index contributed by atoms with van der Waals surface area (Å²) in [7, 11) is 3.15. The van der Waals surface area contributed by atoms with Gasteiger partial charge in [0.25, 0.3) is 5.91 Å². The smallest absolute Gasteiger partial charge is 0.257 e. The van der Waals surface area contributed by atoms with Crippen molar-refractivity contribution in [2.45, 2.75) is 25.7 Å². The number of aromatic nitrogens is 1. The second kappa shape index (κ2) is 9.21. The second-order valence-electron chi connectivity index (χ2n) is 7.92. The van der Waals surface area contributed by atoms with Crippen LogP contribution in [-0.4, -0.2) is 43.1 Å². The molecule has 0 aliphatic carbocycles. The zero-order chi connectivity index (χ0) is 21.8. The Balaban J connectivity index is 1.60. The highest BCUT2D eigenvalue weighted by Crippen LogP contribution is 2.34. The molecular formula is C26H28N2O3. The summed E-state index contributed by atoms with van der Waals surface area (Å²) in [5.41, 5.74) is 4.92. The largest absolute Gasteiger partial charge is 0.493 e. The number of hydrogen-bond donors (Lipinski definition) is 0. The molecule has 0 spiro atoms. The molecule has 1 fully saturated rings. The van der Waals surface area contributed by atoms with E-state index in [1.54, 1.807) is 26.4 Å². The molecule has 1 aliphatic rings. The van der Waals surface area contributed by atoms with Crippen LogP contribution in [0.1, 0.15) is 40.5 Å².